The van der Waals surface area contributed by atoms with Gasteiger partial charge in [0.15, 0.2) is 0 Å². The van der Waals surface area contributed by atoms with E-state index in [-0.39, 0.29) is 36.4 Å². The number of nitrogens with one attached hydrogen (secondary N) is 1. The number of imide groups is 1. The smallest absolute Gasteiger partial charge is 0.489 e. The largest absolute Gasteiger partial charge is 0.573 e. The second-order valence-electron chi connectivity index (χ2n) is 10.6. The van der Waals surface area contributed by atoms with E-state index in [1.54, 1.807) is 30.6 Å². The summed E-state index contributed by atoms with van der Waals surface area (Å²) in [5.74, 6) is -0.967. The number of alkyl halides is 3. The van der Waals surface area contributed by atoms with Crippen LogP contribution in [-0.4, -0.2) is 68.9 Å². The fourth-order valence-electron chi connectivity index (χ4n) is 5.66. The molecule has 3 aromatic rings. The lowest BCUT2D eigenvalue weighted by Gasteiger charge is -2.29. The van der Waals surface area contributed by atoms with Gasteiger partial charge in [0, 0.05) is 49.9 Å². The first-order valence-corrected chi connectivity index (χ1v) is 13.6. The number of benzene rings is 2. The first-order chi connectivity index (χ1) is 20.6. The second kappa shape index (κ2) is 11.1. The Kier molecular flexibility index (Phi) is 7.26. The average molecular weight is 595 g/mol. The first kappa shape index (κ1) is 28.2. The van der Waals surface area contributed by atoms with Gasteiger partial charge in [-0.2, -0.15) is 10.4 Å². The number of aromatic nitrogens is 2. The summed E-state index contributed by atoms with van der Waals surface area (Å²) in [4.78, 5) is 40.4. The molecule has 11 nitrogen and oxygen atoms in total. The van der Waals surface area contributed by atoms with Crippen molar-refractivity contribution in [1.29, 1.82) is 5.26 Å². The minimum atomic E-state index is -4.90. The Morgan fingerprint density at radius 3 is 2.72 bits per heavy atom. The van der Waals surface area contributed by atoms with Crippen molar-refractivity contribution >= 4 is 17.7 Å². The van der Waals surface area contributed by atoms with Crippen LogP contribution in [0.3, 0.4) is 0 Å². The van der Waals surface area contributed by atoms with E-state index in [4.69, 9.17) is 4.74 Å². The van der Waals surface area contributed by atoms with Crippen molar-refractivity contribution in [2.24, 2.45) is 0 Å². The summed E-state index contributed by atoms with van der Waals surface area (Å²) in [5.41, 5.74) is 2.33. The van der Waals surface area contributed by atoms with Crippen LogP contribution in [0.2, 0.25) is 0 Å². The SMILES string of the molecule is N#Cc1cc(-n2cc(CN3CC[C@H](Oc4ccc5c(c4)CN(C4CCC(=O)NC4=O)C5=O)C3)cn2)ccc1OC(F)(F)F. The molecule has 6 rings (SSSR count). The van der Waals surface area contributed by atoms with E-state index in [0.717, 1.165) is 30.2 Å². The maximum atomic E-state index is 12.9. The van der Waals surface area contributed by atoms with Crippen LogP contribution >= 0.6 is 0 Å². The van der Waals surface area contributed by atoms with Crippen LogP contribution in [0.5, 0.6) is 11.5 Å². The molecule has 0 bridgehead atoms. The minimum Gasteiger partial charge on any atom is -0.489 e. The van der Waals surface area contributed by atoms with Gasteiger partial charge >= 0.3 is 6.36 Å². The standard InChI is InChI=1S/C29H25F3N6O5/c30-29(31,32)43-25-5-1-20(9-18(25)11-33)38-14-17(12-34-38)13-36-8-7-22(16-36)42-21-2-3-23-19(10-21)15-37(28(23)41)24-4-6-26(39)35-27(24)40/h1-3,5,9-10,12,14,22,24H,4,6-8,13,15-16H2,(H,35,39,40)/t22-,24?/m0/s1. The van der Waals surface area contributed by atoms with Gasteiger partial charge in [0.2, 0.25) is 11.8 Å². The molecule has 2 saturated heterocycles. The molecule has 43 heavy (non-hydrogen) atoms. The van der Waals surface area contributed by atoms with Gasteiger partial charge in [0.05, 0.1) is 17.4 Å². The van der Waals surface area contributed by atoms with Crippen molar-refractivity contribution in [2.75, 3.05) is 13.1 Å². The summed E-state index contributed by atoms with van der Waals surface area (Å²) in [5, 5.41) is 15.9. The van der Waals surface area contributed by atoms with Gasteiger partial charge in [-0.15, -0.1) is 13.2 Å². The highest BCUT2D eigenvalue weighted by atomic mass is 19.4. The van der Waals surface area contributed by atoms with E-state index >= 15 is 0 Å². The Morgan fingerprint density at radius 1 is 1.12 bits per heavy atom. The number of nitriles is 1. The number of ether oxygens (including phenoxy) is 2. The zero-order chi connectivity index (χ0) is 30.3. The highest BCUT2D eigenvalue weighted by Gasteiger charge is 2.39. The van der Waals surface area contributed by atoms with Crippen molar-refractivity contribution in [3.05, 3.63) is 71.0 Å². The van der Waals surface area contributed by atoms with Crippen LogP contribution < -0.4 is 14.8 Å². The molecule has 0 spiro atoms. The summed E-state index contributed by atoms with van der Waals surface area (Å²) in [6, 6.07) is 10.1. The first-order valence-electron chi connectivity index (χ1n) is 13.6. The lowest BCUT2D eigenvalue weighted by molar-refractivity contribution is -0.274. The van der Waals surface area contributed by atoms with E-state index < -0.39 is 24.1 Å². The zero-order valence-electron chi connectivity index (χ0n) is 22.6. The number of fused-ring (bicyclic) bond motifs is 1. The molecule has 1 unspecified atom stereocenters. The molecule has 2 atom stereocenters. The molecule has 1 aromatic heterocycles. The summed E-state index contributed by atoms with van der Waals surface area (Å²) in [7, 11) is 0. The molecular weight excluding hydrogens is 569 g/mol. The lowest BCUT2D eigenvalue weighted by Crippen LogP contribution is -2.52. The van der Waals surface area contributed by atoms with Crippen molar-refractivity contribution < 1.29 is 37.0 Å². The van der Waals surface area contributed by atoms with Crippen molar-refractivity contribution in [3.8, 4) is 23.3 Å². The maximum absolute atomic E-state index is 12.9. The topological polar surface area (TPSA) is 130 Å². The number of hydrogen-bond acceptors (Lipinski definition) is 8. The van der Waals surface area contributed by atoms with E-state index in [1.807, 2.05) is 6.07 Å². The fourth-order valence-corrected chi connectivity index (χ4v) is 5.66. The number of likely N-dealkylation sites (tertiary alicyclic amines) is 1. The van der Waals surface area contributed by atoms with Gasteiger partial charge < -0.3 is 14.4 Å². The highest BCUT2D eigenvalue weighted by Crippen LogP contribution is 2.32. The lowest BCUT2D eigenvalue weighted by atomic mass is 10.0. The van der Waals surface area contributed by atoms with Crippen molar-refractivity contribution in [3.63, 3.8) is 0 Å². The molecular formula is C29H25F3N6O5. The normalized spacial score (nSPS) is 20.6. The number of hydrogen-bond donors (Lipinski definition) is 1. The second-order valence-corrected chi connectivity index (χ2v) is 10.6. The summed E-state index contributed by atoms with van der Waals surface area (Å²) in [6.45, 7) is 2.25. The monoisotopic (exact) mass is 594 g/mol. The molecule has 4 heterocycles. The molecule has 222 valence electrons. The molecule has 3 amide bonds. The van der Waals surface area contributed by atoms with Gasteiger partial charge in [0.1, 0.15) is 29.7 Å². The summed E-state index contributed by atoms with van der Waals surface area (Å²) in [6.07, 6.45) is -0.308. The van der Waals surface area contributed by atoms with Crippen molar-refractivity contribution in [1.82, 2.24) is 24.9 Å². The van der Waals surface area contributed by atoms with Crippen LogP contribution in [0.25, 0.3) is 5.69 Å². The molecule has 14 heteroatoms. The highest BCUT2D eigenvalue weighted by molar-refractivity contribution is 6.05. The number of carbonyl (C=O) groups excluding carboxylic acids is 3. The predicted molar refractivity (Wildman–Crippen MR) is 142 cm³/mol. The number of rotatable bonds is 7. The number of piperidine rings is 1. The molecule has 3 aliphatic heterocycles. The van der Waals surface area contributed by atoms with Crippen molar-refractivity contribution in [2.45, 2.75) is 50.9 Å². The third-order valence-electron chi connectivity index (χ3n) is 7.64. The third kappa shape index (κ3) is 6.02. The van der Waals surface area contributed by atoms with E-state index in [0.29, 0.717) is 36.5 Å². The number of amides is 3. The fraction of sp³-hybridized carbons (Fsp3) is 0.345. The molecule has 0 saturated carbocycles. The maximum Gasteiger partial charge on any atom is 0.573 e. The van der Waals surface area contributed by atoms with E-state index in [1.165, 1.54) is 21.7 Å². The quantitative estimate of drug-likeness (QED) is 0.414. The Hall–Kier alpha value is -4.90. The van der Waals surface area contributed by atoms with Gasteiger partial charge in [-0.3, -0.25) is 24.6 Å². The number of halogens is 3. The zero-order valence-corrected chi connectivity index (χ0v) is 22.6. The average Bonchev–Trinajstić information content (AvgIpc) is 3.68. The molecule has 0 radical (unpaired) electrons. The van der Waals surface area contributed by atoms with Crippen LogP contribution in [-0.2, 0) is 22.7 Å². The number of nitrogens with zero attached hydrogens (tertiary/aromatic N) is 5. The van der Waals surface area contributed by atoms with Gasteiger partial charge in [-0.25, -0.2) is 4.68 Å². The minimum absolute atomic E-state index is 0.0872. The Balaban J connectivity index is 1.05. The molecule has 2 fully saturated rings. The Labute approximate surface area is 243 Å². The number of carbonyl (C=O) groups is 3. The van der Waals surface area contributed by atoms with Crippen LogP contribution in [0.4, 0.5) is 13.2 Å². The summed E-state index contributed by atoms with van der Waals surface area (Å²) >= 11 is 0. The predicted octanol–water partition coefficient (Wildman–Crippen LogP) is 3.06. The third-order valence-corrected chi connectivity index (χ3v) is 7.64. The Morgan fingerprint density at radius 2 is 1.95 bits per heavy atom. The van der Waals surface area contributed by atoms with E-state index in [2.05, 4.69) is 20.1 Å². The van der Waals surface area contributed by atoms with Gasteiger partial charge in [0.25, 0.3) is 5.91 Å². The summed E-state index contributed by atoms with van der Waals surface area (Å²) < 4.78 is 49.4. The molecule has 3 aliphatic rings. The molecule has 2 aromatic carbocycles. The van der Waals surface area contributed by atoms with Crippen LogP contribution in [0, 0.1) is 11.3 Å². The van der Waals surface area contributed by atoms with Gasteiger partial charge in [-0.05, 0) is 54.8 Å². The molecule has 0 aliphatic carbocycles. The van der Waals surface area contributed by atoms with Crippen LogP contribution in [0.1, 0.15) is 46.3 Å². The Bertz CT molecular complexity index is 1650. The molecule has 1 N–H and O–H groups in total. The van der Waals surface area contributed by atoms with E-state index in [9.17, 15) is 32.8 Å². The van der Waals surface area contributed by atoms with Crippen LogP contribution in [0.15, 0.2) is 48.8 Å². The van der Waals surface area contributed by atoms with Gasteiger partial charge in [-0.1, -0.05) is 0 Å².